The summed E-state index contributed by atoms with van der Waals surface area (Å²) in [5, 5.41) is 0. The number of nitrogen functional groups attached to an aromatic ring is 1. The van der Waals surface area contributed by atoms with Gasteiger partial charge in [-0.3, -0.25) is 4.79 Å². The normalized spacial score (nSPS) is 11.4. The lowest BCUT2D eigenvalue weighted by Gasteiger charge is -2.07. The molecule has 0 saturated carbocycles. The molecule has 0 spiro atoms. The Bertz CT molecular complexity index is 389. The van der Waals surface area contributed by atoms with Crippen LogP contribution in [0.4, 0.5) is 19.0 Å². The smallest absolute Gasteiger partial charge is 0.383 e. The van der Waals surface area contributed by atoms with E-state index in [9.17, 15) is 18.0 Å². The molecule has 0 unspecified atom stereocenters. The molecule has 1 heterocycles. The highest BCUT2D eigenvalue weighted by molar-refractivity contribution is 5.97. The molecule has 7 heteroatoms. The largest absolute Gasteiger partial charge is 0.394 e. The number of carbonyl (C=O) groups excluding carboxylic acids is 1. The van der Waals surface area contributed by atoms with Gasteiger partial charge in [0.25, 0.3) is 5.91 Å². The predicted octanol–water partition coefficient (Wildman–Crippen LogP) is 0.868. The van der Waals surface area contributed by atoms with E-state index >= 15 is 0 Å². The molecule has 0 radical (unpaired) electrons. The maximum Gasteiger partial charge on any atom is 0.394 e. The molecule has 82 valence electrons. The Morgan fingerprint density at radius 2 is 2.00 bits per heavy atom. The van der Waals surface area contributed by atoms with Crippen molar-refractivity contribution in [1.82, 2.24) is 4.98 Å². The molecule has 1 rings (SSSR count). The third kappa shape index (κ3) is 3.12. The first-order valence-electron chi connectivity index (χ1n) is 3.91. The summed E-state index contributed by atoms with van der Waals surface area (Å²) < 4.78 is 35.9. The number of aromatic nitrogens is 1. The van der Waals surface area contributed by atoms with Crippen molar-refractivity contribution in [1.29, 1.82) is 0 Å². The lowest BCUT2D eigenvalue weighted by molar-refractivity contribution is -0.127. The third-order valence-corrected chi connectivity index (χ3v) is 1.63. The van der Waals surface area contributed by atoms with Gasteiger partial charge in [-0.2, -0.15) is 13.2 Å². The summed E-state index contributed by atoms with van der Waals surface area (Å²) in [6.45, 7) is 0. The molecule has 0 aliphatic heterocycles. The van der Waals surface area contributed by atoms with E-state index in [0.29, 0.717) is 0 Å². The fraction of sp³-hybridized carbons (Fsp3) is 0.250. The van der Waals surface area contributed by atoms with E-state index in [2.05, 4.69) is 4.98 Å². The second kappa shape index (κ2) is 3.76. The SMILES string of the molecule is NC(=O)c1ccc(CC(F)(F)F)nc1N. The van der Waals surface area contributed by atoms with Crippen molar-refractivity contribution in [3.05, 3.63) is 23.4 Å². The van der Waals surface area contributed by atoms with Crippen LogP contribution in [0, 0.1) is 0 Å². The number of hydrogen-bond donors (Lipinski definition) is 2. The van der Waals surface area contributed by atoms with Crippen LogP contribution in [-0.4, -0.2) is 17.1 Å². The Morgan fingerprint density at radius 1 is 1.40 bits per heavy atom. The fourth-order valence-electron chi connectivity index (χ4n) is 1.03. The van der Waals surface area contributed by atoms with Crippen LogP contribution in [0.5, 0.6) is 0 Å². The topological polar surface area (TPSA) is 82.0 Å². The zero-order chi connectivity index (χ0) is 11.6. The van der Waals surface area contributed by atoms with Crippen molar-refractivity contribution in [3.63, 3.8) is 0 Å². The Hall–Kier alpha value is -1.79. The average Bonchev–Trinajstić information content (AvgIpc) is 1.99. The second-order valence-electron chi connectivity index (χ2n) is 2.89. The van der Waals surface area contributed by atoms with E-state index in [1.165, 1.54) is 0 Å². The van der Waals surface area contributed by atoms with E-state index in [1.54, 1.807) is 0 Å². The molecule has 4 N–H and O–H groups in total. The minimum atomic E-state index is -4.35. The predicted molar refractivity (Wildman–Crippen MR) is 46.9 cm³/mol. The Labute approximate surface area is 83.1 Å². The van der Waals surface area contributed by atoms with Crippen LogP contribution in [-0.2, 0) is 6.42 Å². The molecule has 1 aromatic rings. The molecule has 15 heavy (non-hydrogen) atoms. The number of rotatable bonds is 2. The van der Waals surface area contributed by atoms with Crippen LogP contribution in [0.2, 0.25) is 0 Å². The Balaban J connectivity index is 2.97. The van der Waals surface area contributed by atoms with Gasteiger partial charge in [0, 0.05) is 0 Å². The molecule has 1 amide bonds. The van der Waals surface area contributed by atoms with Crippen LogP contribution in [0.1, 0.15) is 16.1 Å². The van der Waals surface area contributed by atoms with Crippen LogP contribution >= 0.6 is 0 Å². The van der Waals surface area contributed by atoms with Gasteiger partial charge in [0.15, 0.2) is 0 Å². The highest BCUT2D eigenvalue weighted by Crippen LogP contribution is 2.21. The zero-order valence-electron chi connectivity index (χ0n) is 7.51. The number of nitrogens with two attached hydrogens (primary N) is 2. The van der Waals surface area contributed by atoms with Gasteiger partial charge in [-0.05, 0) is 12.1 Å². The number of pyridine rings is 1. The highest BCUT2D eigenvalue weighted by Gasteiger charge is 2.28. The van der Waals surface area contributed by atoms with Crippen LogP contribution < -0.4 is 11.5 Å². The molecule has 1 aromatic heterocycles. The minimum absolute atomic E-state index is 0.0825. The standard InChI is InChI=1S/C8H8F3N3O/c9-8(10,11)3-4-1-2-5(7(13)15)6(12)14-4/h1-2H,3H2,(H2,12,14)(H2,13,15). The van der Waals surface area contributed by atoms with Crippen LogP contribution in [0.3, 0.4) is 0 Å². The van der Waals surface area contributed by atoms with Gasteiger partial charge in [0.1, 0.15) is 5.82 Å². The number of carbonyl (C=O) groups is 1. The lowest BCUT2D eigenvalue weighted by atomic mass is 10.2. The van der Waals surface area contributed by atoms with Crippen molar-refractivity contribution in [2.45, 2.75) is 12.6 Å². The molecule has 0 bridgehead atoms. The molecule has 0 aromatic carbocycles. The lowest BCUT2D eigenvalue weighted by Crippen LogP contribution is -2.17. The summed E-state index contributed by atoms with van der Waals surface area (Å²) in [7, 11) is 0. The number of hydrogen-bond acceptors (Lipinski definition) is 3. The number of alkyl halides is 3. The Kier molecular flexibility index (Phi) is 2.83. The maximum absolute atomic E-state index is 12.0. The summed E-state index contributed by atoms with van der Waals surface area (Å²) in [4.78, 5) is 14.1. The van der Waals surface area contributed by atoms with Gasteiger partial charge < -0.3 is 11.5 Å². The number of anilines is 1. The van der Waals surface area contributed by atoms with E-state index in [0.717, 1.165) is 12.1 Å². The van der Waals surface area contributed by atoms with Gasteiger partial charge in [0.05, 0.1) is 17.7 Å². The molecule has 0 aliphatic carbocycles. The van der Waals surface area contributed by atoms with E-state index in [4.69, 9.17) is 11.5 Å². The van der Waals surface area contributed by atoms with Gasteiger partial charge in [0.2, 0.25) is 0 Å². The molecule has 0 saturated heterocycles. The first kappa shape index (κ1) is 11.3. The van der Waals surface area contributed by atoms with E-state index < -0.39 is 18.5 Å². The monoisotopic (exact) mass is 219 g/mol. The number of primary amides is 1. The number of amides is 1. The minimum Gasteiger partial charge on any atom is -0.383 e. The number of nitrogens with zero attached hydrogens (tertiary/aromatic N) is 1. The summed E-state index contributed by atoms with van der Waals surface area (Å²) in [5.74, 6) is -1.11. The molecular formula is C8H8F3N3O. The second-order valence-corrected chi connectivity index (χ2v) is 2.89. The van der Waals surface area contributed by atoms with Gasteiger partial charge in [-0.15, -0.1) is 0 Å². The molecule has 0 fully saturated rings. The number of halogens is 3. The zero-order valence-corrected chi connectivity index (χ0v) is 7.51. The van der Waals surface area contributed by atoms with E-state index in [1.807, 2.05) is 0 Å². The first-order chi connectivity index (χ1) is 6.79. The van der Waals surface area contributed by atoms with Gasteiger partial charge >= 0.3 is 6.18 Å². The molecular weight excluding hydrogens is 211 g/mol. The Morgan fingerprint density at radius 3 is 2.40 bits per heavy atom. The van der Waals surface area contributed by atoms with Crippen LogP contribution in [0.15, 0.2) is 12.1 Å². The summed E-state index contributed by atoms with van der Waals surface area (Å²) in [5.41, 5.74) is 9.84. The molecule has 0 atom stereocenters. The van der Waals surface area contributed by atoms with Gasteiger partial charge in [-0.25, -0.2) is 4.98 Å². The van der Waals surface area contributed by atoms with Crippen molar-refractivity contribution >= 4 is 11.7 Å². The summed E-state index contributed by atoms with van der Waals surface area (Å²) >= 11 is 0. The maximum atomic E-state index is 12.0. The third-order valence-electron chi connectivity index (χ3n) is 1.63. The van der Waals surface area contributed by atoms with Crippen molar-refractivity contribution in [3.8, 4) is 0 Å². The highest BCUT2D eigenvalue weighted by atomic mass is 19.4. The first-order valence-corrected chi connectivity index (χ1v) is 3.91. The summed E-state index contributed by atoms with van der Waals surface area (Å²) in [6, 6.07) is 2.20. The van der Waals surface area contributed by atoms with Crippen molar-refractivity contribution < 1.29 is 18.0 Å². The van der Waals surface area contributed by atoms with Gasteiger partial charge in [-0.1, -0.05) is 0 Å². The van der Waals surface area contributed by atoms with Crippen LogP contribution in [0.25, 0.3) is 0 Å². The van der Waals surface area contributed by atoms with E-state index in [-0.39, 0.29) is 17.1 Å². The quantitative estimate of drug-likeness (QED) is 0.774. The molecule has 0 aliphatic rings. The van der Waals surface area contributed by atoms with Crippen molar-refractivity contribution in [2.24, 2.45) is 5.73 Å². The fourth-order valence-corrected chi connectivity index (χ4v) is 1.03. The summed E-state index contributed by atoms with van der Waals surface area (Å²) in [6.07, 6.45) is -5.54. The van der Waals surface area contributed by atoms with Crippen molar-refractivity contribution in [2.75, 3.05) is 5.73 Å². The average molecular weight is 219 g/mol. The molecule has 4 nitrogen and oxygen atoms in total.